The van der Waals surface area contributed by atoms with Crippen LogP contribution in [0.4, 0.5) is 0 Å². The molecule has 0 amide bonds. The van der Waals surface area contributed by atoms with Crippen LogP contribution in [-0.2, 0) is 0 Å². The number of nitrogens with two attached hydrogens (primary N) is 1. The van der Waals surface area contributed by atoms with E-state index in [4.69, 9.17) is 10.8 Å². The van der Waals surface area contributed by atoms with E-state index in [-0.39, 0.29) is 12.1 Å². The van der Waals surface area contributed by atoms with Crippen LogP contribution >= 0.6 is 0 Å². The van der Waals surface area contributed by atoms with Crippen molar-refractivity contribution < 1.29 is 5.11 Å². The van der Waals surface area contributed by atoms with E-state index in [9.17, 15) is 0 Å². The fourth-order valence-electron chi connectivity index (χ4n) is 1.68. The second-order valence-corrected chi connectivity index (χ2v) is 3.71. The first-order valence-electron chi connectivity index (χ1n) is 5.32. The van der Waals surface area contributed by atoms with Gasteiger partial charge in [-0.2, -0.15) is 0 Å². The van der Waals surface area contributed by atoms with Gasteiger partial charge in [0.05, 0.1) is 12.3 Å². The van der Waals surface area contributed by atoms with E-state index in [1.165, 1.54) is 0 Å². The minimum Gasteiger partial charge on any atom is -0.516 e. The summed E-state index contributed by atoms with van der Waals surface area (Å²) in [6.45, 7) is 8.79. The van der Waals surface area contributed by atoms with Crippen LogP contribution in [0.1, 0.15) is 6.42 Å². The van der Waals surface area contributed by atoms with Gasteiger partial charge in [-0.15, -0.1) is 13.2 Å². The summed E-state index contributed by atoms with van der Waals surface area (Å²) in [5, 5.41) is 8.66. The van der Waals surface area contributed by atoms with E-state index in [2.05, 4.69) is 23.1 Å². The molecule has 4 nitrogen and oxygen atoms in total. The monoisotopic (exact) mass is 221 g/mol. The van der Waals surface area contributed by atoms with E-state index in [1.807, 2.05) is 6.08 Å². The SMILES string of the molecule is C=CCC1=NC(C(N)C=C)CN1CC=CO. The zero-order valence-corrected chi connectivity index (χ0v) is 9.42. The van der Waals surface area contributed by atoms with Crippen molar-refractivity contribution in [3.8, 4) is 0 Å². The highest BCUT2D eigenvalue weighted by Crippen LogP contribution is 2.14. The smallest absolute Gasteiger partial charge is 0.104 e. The first kappa shape index (κ1) is 12.5. The van der Waals surface area contributed by atoms with Crippen molar-refractivity contribution >= 4 is 5.84 Å². The third kappa shape index (κ3) is 2.97. The number of aliphatic hydroxyl groups is 1. The number of amidine groups is 1. The van der Waals surface area contributed by atoms with Crippen LogP contribution in [-0.4, -0.2) is 41.0 Å². The fraction of sp³-hybridized carbons (Fsp3) is 0.417. The van der Waals surface area contributed by atoms with Crippen LogP contribution < -0.4 is 5.73 Å². The summed E-state index contributed by atoms with van der Waals surface area (Å²) in [5.41, 5.74) is 5.88. The number of aliphatic imine (C=N–C) groups is 1. The summed E-state index contributed by atoms with van der Waals surface area (Å²) in [6.07, 6.45) is 6.98. The van der Waals surface area contributed by atoms with Crippen molar-refractivity contribution in [2.75, 3.05) is 13.1 Å². The van der Waals surface area contributed by atoms with Gasteiger partial charge in [-0.25, -0.2) is 0 Å². The summed E-state index contributed by atoms with van der Waals surface area (Å²) in [5.74, 6) is 0.968. The molecule has 88 valence electrons. The number of aliphatic hydroxyl groups excluding tert-OH is 1. The highest BCUT2D eigenvalue weighted by atomic mass is 16.2. The van der Waals surface area contributed by atoms with Gasteiger partial charge in [0.25, 0.3) is 0 Å². The predicted octanol–water partition coefficient (Wildman–Crippen LogP) is 1.23. The Morgan fingerprint density at radius 3 is 2.94 bits per heavy atom. The molecule has 2 atom stereocenters. The molecular weight excluding hydrogens is 202 g/mol. The van der Waals surface area contributed by atoms with E-state index >= 15 is 0 Å². The van der Waals surface area contributed by atoms with Crippen molar-refractivity contribution in [3.05, 3.63) is 37.6 Å². The second kappa shape index (κ2) is 6.12. The summed E-state index contributed by atoms with van der Waals surface area (Å²) in [4.78, 5) is 6.63. The van der Waals surface area contributed by atoms with E-state index in [0.29, 0.717) is 6.54 Å². The average Bonchev–Trinajstić information content (AvgIpc) is 2.69. The zero-order valence-electron chi connectivity index (χ0n) is 9.42. The second-order valence-electron chi connectivity index (χ2n) is 3.71. The predicted molar refractivity (Wildman–Crippen MR) is 67.6 cm³/mol. The third-order valence-corrected chi connectivity index (χ3v) is 2.56. The lowest BCUT2D eigenvalue weighted by Crippen LogP contribution is -2.36. The number of hydrogen-bond donors (Lipinski definition) is 2. The first-order chi connectivity index (χ1) is 7.72. The molecular formula is C12H19N3O. The highest BCUT2D eigenvalue weighted by Gasteiger charge is 2.26. The summed E-state index contributed by atoms with van der Waals surface area (Å²) in [7, 11) is 0. The molecule has 0 aromatic rings. The summed E-state index contributed by atoms with van der Waals surface area (Å²) < 4.78 is 0. The van der Waals surface area contributed by atoms with Gasteiger partial charge >= 0.3 is 0 Å². The maximum Gasteiger partial charge on any atom is 0.104 e. The molecule has 1 aliphatic rings. The van der Waals surface area contributed by atoms with Gasteiger partial charge in [-0.3, -0.25) is 4.99 Å². The van der Waals surface area contributed by atoms with Crippen LogP contribution in [0, 0.1) is 0 Å². The van der Waals surface area contributed by atoms with Gasteiger partial charge in [0, 0.05) is 25.6 Å². The van der Waals surface area contributed by atoms with Crippen LogP contribution in [0.15, 0.2) is 42.6 Å². The maximum absolute atomic E-state index is 8.66. The quantitative estimate of drug-likeness (QED) is 0.524. The molecule has 0 radical (unpaired) electrons. The largest absolute Gasteiger partial charge is 0.516 e. The van der Waals surface area contributed by atoms with Crippen LogP contribution in [0.3, 0.4) is 0 Å². The molecule has 0 aromatic heterocycles. The summed E-state index contributed by atoms with van der Waals surface area (Å²) >= 11 is 0. The molecule has 0 aliphatic carbocycles. The zero-order chi connectivity index (χ0) is 12.0. The maximum atomic E-state index is 8.66. The molecule has 3 N–H and O–H groups in total. The first-order valence-corrected chi connectivity index (χ1v) is 5.32. The van der Waals surface area contributed by atoms with Crippen molar-refractivity contribution in [1.82, 2.24) is 4.90 Å². The molecule has 1 rings (SSSR count). The van der Waals surface area contributed by atoms with Crippen molar-refractivity contribution in [1.29, 1.82) is 0 Å². The minimum absolute atomic E-state index is 0.0551. The average molecular weight is 221 g/mol. The normalized spacial score (nSPS) is 22.2. The van der Waals surface area contributed by atoms with Crippen LogP contribution in [0.2, 0.25) is 0 Å². The topological polar surface area (TPSA) is 61.8 Å². The Kier molecular flexibility index (Phi) is 4.79. The Morgan fingerprint density at radius 2 is 2.38 bits per heavy atom. The van der Waals surface area contributed by atoms with Gasteiger partial charge in [0.15, 0.2) is 0 Å². The van der Waals surface area contributed by atoms with Crippen molar-refractivity contribution in [2.45, 2.75) is 18.5 Å². The van der Waals surface area contributed by atoms with Crippen molar-refractivity contribution in [2.24, 2.45) is 10.7 Å². The van der Waals surface area contributed by atoms with Gasteiger partial charge in [0.2, 0.25) is 0 Å². The Morgan fingerprint density at radius 1 is 1.62 bits per heavy atom. The Bertz CT molecular complexity index is 309. The molecule has 0 spiro atoms. The third-order valence-electron chi connectivity index (χ3n) is 2.56. The molecule has 16 heavy (non-hydrogen) atoms. The molecule has 1 aliphatic heterocycles. The van der Waals surface area contributed by atoms with E-state index < -0.39 is 0 Å². The lowest BCUT2D eigenvalue weighted by atomic mass is 10.1. The molecule has 0 aromatic carbocycles. The van der Waals surface area contributed by atoms with Gasteiger partial charge < -0.3 is 15.7 Å². The molecule has 0 saturated heterocycles. The van der Waals surface area contributed by atoms with Gasteiger partial charge in [0.1, 0.15) is 5.84 Å². The number of rotatable bonds is 6. The molecule has 2 unspecified atom stereocenters. The Balaban J connectivity index is 2.69. The number of nitrogens with zero attached hydrogens (tertiary/aromatic N) is 2. The van der Waals surface area contributed by atoms with Gasteiger partial charge in [-0.05, 0) is 6.08 Å². The molecule has 0 saturated carbocycles. The lowest BCUT2D eigenvalue weighted by Gasteiger charge is -2.19. The molecule has 0 bridgehead atoms. The number of hydrogen-bond acceptors (Lipinski definition) is 4. The Labute approximate surface area is 96.5 Å². The van der Waals surface area contributed by atoms with Crippen molar-refractivity contribution in [3.63, 3.8) is 0 Å². The fourth-order valence-corrected chi connectivity index (χ4v) is 1.68. The molecule has 0 fully saturated rings. The minimum atomic E-state index is -0.122. The van der Waals surface area contributed by atoms with Crippen LogP contribution in [0.5, 0.6) is 0 Å². The molecule has 4 heteroatoms. The van der Waals surface area contributed by atoms with Gasteiger partial charge in [-0.1, -0.05) is 12.2 Å². The summed E-state index contributed by atoms with van der Waals surface area (Å²) in [6, 6.07) is -0.0672. The van der Waals surface area contributed by atoms with E-state index in [0.717, 1.165) is 25.1 Å². The molecule has 1 heterocycles. The Hall–Kier alpha value is -1.55. The highest BCUT2D eigenvalue weighted by molar-refractivity contribution is 5.85. The van der Waals surface area contributed by atoms with E-state index in [1.54, 1.807) is 12.2 Å². The van der Waals surface area contributed by atoms with Crippen LogP contribution in [0.25, 0.3) is 0 Å². The standard InChI is InChI=1S/C12H19N3O/c1-3-6-12-14-11(10(13)4-2)9-15(12)7-5-8-16/h3-5,8,10-11,16H,1-2,6-7,9,13H2. The lowest BCUT2D eigenvalue weighted by molar-refractivity contribution is 0.429.